The molecule has 1 aliphatic carbocycles. The number of aryl methyl sites for hydroxylation is 1. The van der Waals surface area contributed by atoms with Gasteiger partial charge < -0.3 is 15.5 Å². The largest absolute Gasteiger partial charge is 0.381 e. The van der Waals surface area contributed by atoms with Crippen molar-refractivity contribution in [3.63, 3.8) is 0 Å². The van der Waals surface area contributed by atoms with E-state index in [0.717, 1.165) is 47.4 Å². The third kappa shape index (κ3) is 4.50. The third-order valence-corrected chi connectivity index (χ3v) is 6.08. The molecule has 7 nitrogen and oxygen atoms in total. The second kappa shape index (κ2) is 9.37. The van der Waals surface area contributed by atoms with Crippen LogP contribution in [0.15, 0.2) is 36.7 Å². The van der Waals surface area contributed by atoms with E-state index in [1.54, 1.807) is 6.20 Å². The number of aromatic nitrogens is 3. The van der Waals surface area contributed by atoms with Crippen LogP contribution < -0.4 is 15.5 Å². The standard InChI is InChI=1S/C24H32N6O/c1-4-30-23-19(16-27-30)22(28-18-11-6-5-7-12-18)20(15-25-23)24(31)26-14-17-10-8-9-13-21(17)29(2)3/h8-10,13,15-16,18H,4-7,11-12,14H2,1-3H3,(H,25,28)(H,26,31). The number of benzene rings is 1. The summed E-state index contributed by atoms with van der Waals surface area (Å²) in [6, 6.07) is 8.49. The molecule has 1 amide bonds. The van der Waals surface area contributed by atoms with Crippen LogP contribution in [0.1, 0.15) is 54.9 Å². The number of nitrogens with zero attached hydrogens (tertiary/aromatic N) is 4. The number of fused-ring (bicyclic) bond motifs is 1. The van der Waals surface area contributed by atoms with Crippen molar-refractivity contribution in [2.24, 2.45) is 0 Å². The molecule has 3 aromatic rings. The van der Waals surface area contributed by atoms with Gasteiger partial charge in [-0.3, -0.25) is 4.79 Å². The highest BCUT2D eigenvalue weighted by molar-refractivity contribution is 6.06. The Bertz CT molecular complexity index is 1050. The van der Waals surface area contributed by atoms with Crippen LogP contribution in [0.25, 0.3) is 11.0 Å². The predicted molar refractivity (Wildman–Crippen MR) is 126 cm³/mol. The van der Waals surface area contributed by atoms with Crippen LogP contribution in [-0.2, 0) is 13.1 Å². The average Bonchev–Trinajstić information content (AvgIpc) is 3.22. The Balaban J connectivity index is 1.62. The molecule has 164 valence electrons. The molecule has 0 spiro atoms. The number of amides is 1. The smallest absolute Gasteiger partial charge is 0.255 e. The van der Waals surface area contributed by atoms with Gasteiger partial charge in [-0.1, -0.05) is 37.5 Å². The van der Waals surface area contributed by atoms with Crippen LogP contribution in [0, 0.1) is 0 Å². The summed E-state index contributed by atoms with van der Waals surface area (Å²) in [6.45, 7) is 3.25. The number of carbonyl (C=O) groups excluding carboxylic acids is 1. The molecular formula is C24H32N6O. The minimum absolute atomic E-state index is 0.120. The van der Waals surface area contributed by atoms with Crippen LogP contribution in [0.4, 0.5) is 11.4 Å². The van der Waals surface area contributed by atoms with Crippen molar-refractivity contribution in [1.82, 2.24) is 20.1 Å². The summed E-state index contributed by atoms with van der Waals surface area (Å²) >= 11 is 0. The van der Waals surface area contributed by atoms with Gasteiger partial charge in [-0.05, 0) is 31.4 Å². The summed E-state index contributed by atoms with van der Waals surface area (Å²) in [5, 5.41) is 12.2. The first-order valence-corrected chi connectivity index (χ1v) is 11.2. The number of hydrogen-bond donors (Lipinski definition) is 2. The summed E-state index contributed by atoms with van der Waals surface area (Å²) in [5.74, 6) is -0.120. The second-order valence-electron chi connectivity index (χ2n) is 8.43. The Labute approximate surface area is 183 Å². The van der Waals surface area contributed by atoms with Crippen molar-refractivity contribution >= 4 is 28.3 Å². The molecule has 2 heterocycles. The second-order valence-corrected chi connectivity index (χ2v) is 8.43. The summed E-state index contributed by atoms with van der Waals surface area (Å²) in [6.07, 6.45) is 9.51. The minimum Gasteiger partial charge on any atom is -0.381 e. The monoisotopic (exact) mass is 420 g/mol. The highest BCUT2D eigenvalue weighted by Gasteiger charge is 2.22. The van der Waals surface area contributed by atoms with Crippen molar-refractivity contribution in [2.75, 3.05) is 24.3 Å². The molecule has 31 heavy (non-hydrogen) atoms. The number of rotatable bonds is 7. The van der Waals surface area contributed by atoms with Gasteiger partial charge in [-0.2, -0.15) is 5.10 Å². The normalized spacial score (nSPS) is 14.5. The number of nitrogens with one attached hydrogen (secondary N) is 2. The zero-order valence-electron chi connectivity index (χ0n) is 18.7. The quantitative estimate of drug-likeness (QED) is 0.599. The third-order valence-electron chi connectivity index (χ3n) is 6.08. The lowest BCUT2D eigenvalue weighted by Crippen LogP contribution is -2.28. The fourth-order valence-corrected chi connectivity index (χ4v) is 4.40. The molecule has 7 heteroatoms. The summed E-state index contributed by atoms with van der Waals surface area (Å²) < 4.78 is 1.87. The maximum Gasteiger partial charge on any atom is 0.255 e. The topological polar surface area (TPSA) is 75.1 Å². The molecule has 0 aliphatic heterocycles. The maximum atomic E-state index is 13.2. The van der Waals surface area contributed by atoms with Crippen LogP contribution >= 0.6 is 0 Å². The first-order chi connectivity index (χ1) is 15.1. The Morgan fingerprint density at radius 2 is 1.94 bits per heavy atom. The Morgan fingerprint density at radius 3 is 2.68 bits per heavy atom. The molecule has 2 aromatic heterocycles. The first kappa shape index (κ1) is 21.2. The molecule has 0 radical (unpaired) electrons. The molecule has 0 saturated heterocycles. The van der Waals surface area contributed by atoms with Crippen molar-refractivity contribution in [2.45, 2.75) is 58.2 Å². The Kier molecular flexibility index (Phi) is 6.39. The first-order valence-electron chi connectivity index (χ1n) is 11.2. The van der Waals surface area contributed by atoms with Gasteiger partial charge in [0.2, 0.25) is 0 Å². The zero-order valence-corrected chi connectivity index (χ0v) is 18.7. The minimum atomic E-state index is -0.120. The number of anilines is 2. The van der Waals surface area contributed by atoms with E-state index in [0.29, 0.717) is 18.2 Å². The average molecular weight is 421 g/mol. The van der Waals surface area contributed by atoms with E-state index in [1.807, 2.05) is 50.1 Å². The van der Waals surface area contributed by atoms with Crippen molar-refractivity contribution in [1.29, 1.82) is 0 Å². The zero-order chi connectivity index (χ0) is 21.8. The van der Waals surface area contributed by atoms with E-state index in [9.17, 15) is 4.79 Å². The SMILES string of the molecule is CCn1ncc2c(NC3CCCCC3)c(C(=O)NCc3ccccc3N(C)C)cnc21. The molecule has 2 N–H and O–H groups in total. The van der Waals surface area contributed by atoms with Gasteiger partial charge in [-0.25, -0.2) is 9.67 Å². The Hall–Kier alpha value is -3.09. The number of para-hydroxylation sites is 1. The lowest BCUT2D eigenvalue weighted by Gasteiger charge is -2.25. The summed E-state index contributed by atoms with van der Waals surface area (Å²) in [7, 11) is 4.02. The van der Waals surface area contributed by atoms with Crippen LogP contribution in [0.3, 0.4) is 0 Å². The number of carbonyl (C=O) groups is 1. The maximum absolute atomic E-state index is 13.2. The van der Waals surface area contributed by atoms with Crippen LogP contribution in [0.5, 0.6) is 0 Å². The molecule has 0 bridgehead atoms. The van der Waals surface area contributed by atoms with Crippen molar-refractivity contribution in [3.05, 3.63) is 47.8 Å². The summed E-state index contributed by atoms with van der Waals surface area (Å²) in [5.41, 5.74) is 4.43. The van der Waals surface area contributed by atoms with E-state index in [4.69, 9.17) is 0 Å². The van der Waals surface area contributed by atoms with Gasteiger partial charge in [0.1, 0.15) is 0 Å². The highest BCUT2D eigenvalue weighted by Crippen LogP contribution is 2.30. The van der Waals surface area contributed by atoms with Gasteiger partial charge in [0.15, 0.2) is 5.65 Å². The molecule has 1 aromatic carbocycles. The van der Waals surface area contributed by atoms with E-state index in [2.05, 4.69) is 31.7 Å². The fourth-order valence-electron chi connectivity index (χ4n) is 4.40. The Morgan fingerprint density at radius 1 is 1.16 bits per heavy atom. The number of hydrogen-bond acceptors (Lipinski definition) is 5. The fraction of sp³-hybridized carbons (Fsp3) is 0.458. The van der Waals surface area contributed by atoms with Gasteiger partial charge in [0, 0.05) is 45.1 Å². The molecule has 0 unspecified atom stereocenters. The van der Waals surface area contributed by atoms with Crippen LogP contribution in [-0.4, -0.2) is 40.8 Å². The highest BCUT2D eigenvalue weighted by atomic mass is 16.1. The molecule has 0 atom stereocenters. The van der Waals surface area contributed by atoms with E-state index >= 15 is 0 Å². The summed E-state index contributed by atoms with van der Waals surface area (Å²) in [4.78, 5) is 19.9. The van der Waals surface area contributed by atoms with Crippen molar-refractivity contribution in [3.8, 4) is 0 Å². The van der Waals surface area contributed by atoms with E-state index in [1.165, 1.54) is 19.3 Å². The molecule has 1 fully saturated rings. The van der Waals surface area contributed by atoms with Crippen molar-refractivity contribution < 1.29 is 4.79 Å². The van der Waals surface area contributed by atoms with E-state index in [-0.39, 0.29) is 5.91 Å². The molecule has 1 aliphatic rings. The number of pyridine rings is 1. The molecule has 1 saturated carbocycles. The lowest BCUT2D eigenvalue weighted by atomic mass is 9.95. The van der Waals surface area contributed by atoms with Gasteiger partial charge in [0.05, 0.1) is 22.8 Å². The molecule has 4 rings (SSSR count). The van der Waals surface area contributed by atoms with Gasteiger partial charge in [-0.15, -0.1) is 0 Å². The molecular weight excluding hydrogens is 388 g/mol. The predicted octanol–water partition coefficient (Wildman–Crippen LogP) is 4.19. The van der Waals surface area contributed by atoms with Crippen LogP contribution in [0.2, 0.25) is 0 Å². The van der Waals surface area contributed by atoms with E-state index < -0.39 is 0 Å². The van der Waals surface area contributed by atoms with Gasteiger partial charge in [0.25, 0.3) is 5.91 Å². The van der Waals surface area contributed by atoms with Gasteiger partial charge >= 0.3 is 0 Å². The lowest BCUT2D eigenvalue weighted by molar-refractivity contribution is 0.0951.